The second kappa shape index (κ2) is 6.71. The molecule has 1 aromatic heterocycles. The van der Waals surface area contributed by atoms with Crippen LogP contribution in [0.25, 0.3) is 0 Å². The summed E-state index contributed by atoms with van der Waals surface area (Å²) in [5, 5.41) is 13.4. The molecule has 1 saturated heterocycles. The fourth-order valence-corrected chi connectivity index (χ4v) is 3.02. The molecule has 6 heteroatoms. The normalized spacial score (nSPS) is 19.2. The fourth-order valence-electron chi connectivity index (χ4n) is 3.02. The molecule has 1 aliphatic heterocycles. The maximum atomic E-state index is 9.46. The maximum absolute atomic E-state index is 9.46. The van der Waals surface area contributed by atoms with Crippen molar-refractivity contribution in [3.8, 4) is 6.07 Å². The van der Waals surface area contributed by atoms with E-state index in [1.807, 2.05) is 32.0 Å². The molecule has 24 heavy (non-hydrogen) atoms. The van der Waals surface area contributed by atoms with Crippen LogP contribution in [0.3, 0.4) is 0 Å². The van der Waals surface area contributed by atoms with Gasteiger partial charge < -0.3 is 9.26 Å². The van der Waals surface area contributed by atoms with Crippen LogP contribution in [0.1, 0.15) is 42.8 Å². The molecule has 0 saturated carbocycles. The first-order chi connectivity index (χ1) is 11.5. The Labute approximate surface area is 142 Å². The topological polar surface area (TPSA) is 75.2 Å². The van der Waals surface area contributed by atoms with Crippen LogP contribution in [0, 0.1) is 18.3 Å². The Morgan fingerprint density at radius 3 is 2.88 bits per heavy atom. The van der Waals surface area contributed by atoms with Gasteiger partial charge in [0.1, 0.15) is 6.10 Å². The number of morpholine rings is 1. The average Bonchev–Trinajstić information content (AvgIpc) is 3.02. The molecule has 0 amide bonds. The highest BCUT2D eigenvalue weighted by Gasteiger charge is 2.28. The first-order valence-electron chi connectivity index (χ1n) is 8.13. The van der Waals surface area contributed by atoms with Crippen LogP contribution in [0.15, 0.2) is 28.8 Å². The van der Waals surface area contributed by atoms with Crippen molar-refractivity contribution < 1.29 is 9.26 Å². The first-order valence-corrected chi connectivity index (χ1v) is 8.13. The van der Waals surface area contributed by atoms with E-state index in [9.17, 15) is 5.26 Å². The van der Waals surface area contributed by atoms with Gasteiger partial charge in [0, 0.05) is 26.6 Å². The van der Waals surface area contributed by atoms with E-state index < -0.39 is 5.41 Å². The second-order valence-corrected chi connectivity index (χ2v) is 6.66. The molecular weight excluding hydrogens is 304 g/mol. The van der Waals surface area contributed by atoms with Gasteiger partial charge in [-0.3, -0.25) is 4.90 Å². The number of benzene rings is 1. The van der Waals surface area contributed by atoms with Crippen molar-refractivity contribution in [3.05, 3.63) is 47.1 Å². The Morgan fingerprint density at radius 2 is 2.17 bits per heavy atom. The third-order valence-electron chi connectivity index (χ3n) is 4.35. The van der Waals surface area contributed by atoms with E-state index in [0.717, 1.165) is 18.7 Å². The first kappa shape index (κ1) is 16.6. The largest absolute Gasteiger partial charge is 0.367 e. The quantitative estimate of drug-likeness (QED) is 0.860. The molecule has 1 atom stereocenters. The number of aromatic nitrogens is 2. The number of ether oxygens (including phenoxy) is 1. The highest BCUT2D eigenvalue weighted by atomic mass is 16.5. The Morgan fingerprint density at radius 1 is 1.38 bits per heavy atom. The summed E-state index contributed by atoms with van der Waals surface area (Å²) in [5.74, 6) is 1.15. The van der Waals surface area contributed by atoms with E-state index in [4.69, 9.17) is 9.26 Å². The predicted molar refractivity (Wildman–Crippen MR) is 88.1 cm³/mol. The lowest BCUT2D eigenvalue weighted by Gasteiger charge is -2.32. The van der Waals surface area contributed by atoms with Gasteiger partial charge in [-0.25, -0.2) is 0 Å². The van der Waals surface area contributed by atoms with Crippen molar-refractivity contribution in [1.82, 2.24) is 15.0 Å². The van der Waals surface area contributed by atoms with Crippen LogP contribution in [0.2, 0.25) is 0 Å². The molecular formula is C18H22N4O2. The summed E-state index contributed by atoms with van der Waals surface area (Å²) in [4.78, 5) is 6.59. The van der Waals surface area contributed by atoms with Gasteiger partial charge in [-0.1, -0.05) is 29.4 Å². The molecule has 0 spiro atoms. The van der Waals surface area contributed by atoms with E-state index >= 15 is 0 Å². The minimum absolute atomic E-state index is 0.174. The van der Waals surface area contributed by atoms with Gasteiger partial charge in [0.25, 0.3) is 0 Å². The molecule has 1 fully saturated rings. The number of nitrogens with zero attached hydrogens (tertiary/aromatic N) is 4. The number of nitriles is 1. The van der Waals surface area contributed by atoms with Gasteiger partial charge in [0.05, 0.1) is 18.1 Å². The number of hydrogen-bond donors (Lipinski definition) is 0. The van der Waals surface area contributed by atoms with Crippen LogP contribution < -0.4 is 0 Å². The summed E-state index contributed by atoms with van der Waals surface area (Å²) in [6.07, 6.45) is -0.174. The van der Waals surface area contributed by atoms with Crippen molar-refractivity contribution in [2.24, 2.45) is 0 Å². The van der Waals surface area contributed by atoms with Gasteiger partial charge in [0.15, 0.2) is 0 Å². The van der Waals surface area contributed by atoms with Crippen LogP contribution in [-0.2, 0) is 16.7 Å². The molecule has 3 rings (SSSR count). The van der Waals surface area contributed by atoms with Crippen molar-refractivity contribution in [3.63, 3.8) is 0 Å². The highest BCUT2D eigenvalue weighted by molar-refractivity contribution is 5.37. The van der Waals surface area contributed by atoms with E-state index in [1.165, 1.54) is 5.56 Å². The van der Waals surface area contributed by atoms with Crippen molar-refractivity contribution in [2.75, 3.05) is 19.7 Å². The van der Waals surface area contributed by atoms with Crippen LogP contribution in [0.4, 0.5) is 0 Å². The van der Waals surface area contributed by atoms with Crippen LogP contribution >= 0.6 is 0 Å². The molecule has 0 aliphatic carbocycles. The lowest BCUT2D eigenvalue weighted by atomic mass is 9.83. The van der Waals surface area contributed by atoms with E-state index in [1.54, 1.807) is 6.92 Å². The fraction of sp³-hybridized carbons (Fsp3) is 0.500. The third-order valence-corrected chi connectivity index (χ3v) is 4.35. The smallest absolute Gasteiger partial charge is 0.223 e. The molecule has 2 heterocycles. The summed E-state index contributed by atoms with van der Waals surface area (Å²) in [5.41, 5.74) is 1.74. The highest BCUT2D eigenvalue weighted by Crippen LogP contribution is 2.28. The second-order valence-electron chi connectivity index (χ2n) is 6.66. The van der Waals surface area contributed by atoms with Crippen molar-refractivity contribution in [2.45, 2.75) is 38.8 Å². The van der Waals surface area contributed by atoms with Crippen molar-refractivity contribution >= 4 is 0 Å². The Hall–Kier alpha value is -2.23. The molecule has 126 valence electrons. The van der Waals surface area contributed by atoms with E-state index in [-0.39, 0.29) is 6.10 Å². The van der Waals surface area contributed by atoms with E-state index in [2.05, 4.69) is 27.2 Å². The number of rotatable bonds is 4. The standard InChI is InChI=1S/C18H22N4O2/c1-13-20-17(21-24-13)16-11-22(8-9-23-16)10-14-6-4-5-7-15(14)18(2,3)12-19/h4-7,16H,8-11H2,1-3H3/t16-/m0/s1. The van der Waals surface area contributed by atoms with Crippen LogP contribution in [0.5, 0.6) is 0 Å². The molecule has 1 aliphatic rings. The summed E-state index contributed by atoms with van der Waals surface area (Å²) in [7, 11) is 0. The zero-order valence-corrected chi connectivity index (χ0v) is 14.3. The van der Waals surface area contributed by atoms with Gasteiger partial charge in [-0.05, 0) is 25.0 Å². The Balaban J connectivity index is 1.76. The molecule has 0 unspecified atom stereocenters. The van der Waals surface area contributed by atoms with E-state index in [0.29, 0.717) is 24.9 Å². The zero-order chi connectivity index (χ0) is 17.2. The average molecular weight is 326 g/mol. The summed E-state index contributed by atoms with van der Waals surface area (Å²) in [6, 6.07) is 10.5. The monoisotopic (exact) mass is 326 g/mol. The molecule has 0 N–H and O–H groups in total. The summed E-state index contributed by atoms with van der Waals surface area (Å²) < 4.78 is 10.8. The summed E-state index contributed by atoms with van der Waals surface area (Å²) >= 11 is 0. The lowest BCUT2D eigenvalue weighted by Crippen LogP contribution is -2.38. The minimum atomic E-state index is -0.507. The Bertz CT molecular complexity index is 747. The van der Waals surface area contributed by atoms with Gasteiger partial charge in [0.2, 0.25) is 11.7 Å². The summed E-state index contributed by atoms with van der Waals surface area (Å²) in [6.45, 7) is 8.64. The Kier molecular flexibility index (Phi) is 4.65. The van der Waals surface area contributed by atoms with Crippen LogP contribution in [-0.4, -0.2) is 34.7 Å². The minimum Gasteiger partial charge on any atom is -0.367 e. The maximum Gasteiger partial charge on any atom is 0.223 e. The molecule has 1 aromatic carbocycles. The number of hydrogen-bond acceptors (Lipinski definition) is 6. The molecule has 0 radical (unpaired) electrons. The number of aryl methyl sites for hydroxylation is 1. The van der Waals surface area contributed by atoms with Gasteiger partial charge in [-0.15, -0.1) is 0 Å². The third kappa shape index (κ3) is 3.48. The van der Waals surface area contributed by atoms with Crippen molar-refractivity contribution in [1.29, 1.82) is 5.26 Å². The molecule has 6 nitrogen and oxygen atoms in total. The lowest BCUT2D eigenvalue weighted by molar-refractivity contribution is -0.0381. The molecule has 0 bridgehead atoms. The predicted octanol–water partition coefficient (Wildman–Crippen LogP) is 2.75. The van der Waals surface area contributed by atoms with Gasteiger partial charge in [-0.2, -0.15) is 10.2 Å². The zero-order valence-electron chi connectivity index (χ0n) is 14.3. The SMILES string of the molecule is Cc1nc([C@@H]2CN(Cc3ccccc3C(C)(C)C#N)CCO2)no1. The molecule has 2 aromatic rings. The van der Waals surface area contributed by atoms with Gasteiger partial charge >= 0.3 is 0 Å².